The summed E-state index contributed by atoms with van der Waals surface area (Å²) in [5.41, 5.74) is -1.23. The number of aliphatic hydroxyl groups is 1. The van der Waals surface area contributed by atoms with Gasteiger partial charge in [-0.3, -0.25) is 4.90 Å². The van der Waals surface area contributed by atoms with E-state index in [1.165, 1.54) is 6.07 Å². The van der Waals surface area contributed by atoms with Crippen molar-refractivity contribution in [3.8, 4) is 10.8 Å². The Hall–Kier alpha value is -1.65. The zero-order chi connectivity index (χ0) is 15.6. The Morgan fingerprint density at radius 3 is 2.71 bits per heavy atom. The normalized spacial score (nSPS) is 25.1. The molecule has 1 saturated heterocycles. The van der Waals surface area contributed by atoms with Gasteiger partial charge in [0.25, 0.3) is 0 Å². The van der Waals surface area contributed by atoms with Crippen molar-refractivity contribution in [2.75, 3.05) is 6.54 Å². The Morgan fingerprint density at radius 2 is 2.14 bits per heavy atom. The third-order valence-corrected chi connectivity index (χ3v) is 3.83. The molecule has 1 fully saturated rings. The molecule has 2 rings (SSSR count). The number of halogens is 3. The van der Waals surface area contributed by atoms with E-state index < -0.39 is 29.4 Å². The molecule has 1 aromatic carbocycles. The molecule has 0 spiro atoms. The SMILES string of the molecule is O=C(O)N1CCC(O)(c2ccc(F)c(F)c2)CC1C#CBr. The summed E-state index contributed by atoms with van der Waals surface area (Å²) in [5, 5.41) is 19.8. The monoisotopic (exact) mass is 359 g/mol. The number of likely N-dealkylation sites (tertiary alicyclic amines) is 1. The van der Waals surface area contributed by atoms with Gasteiger partial charge in [-0.1, -0.05) is 12.0 Å². The summed E-state index contributed by atoms with van der Waals surface area (Å²) in [4.78, 5) is 14.7. The van der Waals surface area contributed by atoms with E-state index in [1.54, 1.807) is 0 Å². The number of amides is 1. The smallest absolute Gasteiger partial charge is 0.408 e. The van der Waals surface area contributed by atoms with Gasteiger partial charge in [0.2, 0.25) is 0 Å². The topological polar surface area (TPSA) is 60.8 Å². The van der Waals surface area contributed by atoms with Crippen molar-refractivity contribution in [3.63, 3.8) is 0 Å². The molecule has 21 heavy (non-hydrogen) atoms. The zero-order valence-corrected chi connectivity index (χ0v) is 12.4. The maximum Gasteiger partial charge on any atom is 0.408 e. The van der Waals surface area contributed by atoms with Crippen molar-refractivity contribution in [1.82, 2.24) is 4.90 Å². The molecule has 0 aliphatic carbocycles. The van der Waals surface area contributed by atoms with E-state index in [4.69, 9.17) is 5.11 Å². The highest BCUT2D eigenvalue weighted by atomic mass is 79.9. The van der Waals surface area contributed by atoms with Gasteiger partial charge >= 0.3 is 6.09 Å². The third kappa shape index (κ3) is 3.17. The van der Waals surface area contributed by atoms with Crippen LogP contribution in [0.4, 0.5) is 13.6 Å². The molecule has 2 unspecified atom stereocenters. The van der Waals surface area contributed by atoms with Crippen molar-refractivity contribution in [1.29, 1.82) is 0 Å². The van der Waals surface area contributed by atoms with Gasteiger partial charge in [-0.25, -0.2) is 13.6 Å². The fourth-order valence-corrected chi connectivity index (χ4v) is 2.73. The summed E-state index contributed by atoms with van der Waals surface area (Å²) in [5.74, 6) is 0.602. The number of piperidine rings is 1. The van der Waals surface area contributed by atoms with Gasteiger partial charge in [-0.2, -0.15) is 0 Å². The van der Waals surface area contributed by atoms with E-state index in [1.807, 2.05) is 0 Å². The van der Waals surface area contributed by atoms with Crippen LogP contribution < -0.4 is 0 Å². The van der Waals surface area contributed by atoms with Gasteiger partial charge in [0.15, 0.2) is 11.6 Å². The fraction of sp³-hybridized carbons (Fsp3) is 0.357. The van der Waals surface area contributed by atoms with Crippen LogP contribution in [-0.4, -0.2) is 33.8 Å². The number of carbonyl (C=O) groups is 1. The lowest BCUT2D eigenvalue weighted by Gasteiger charge is -2.41. The molecule has 1 amide bonds. The highest BCUT2D eigenvalue weighted by molar-refractivity contribution is 9.12. The maximum atomic E-state index is 13.3. The first-order chi connectivity index (χ1) is 9.87. The summed E-state index contributed by atoms with van der Waals surface area (Å²) < 4.78 is 26.3. The Morgan fingerprint density at radius 1 is 1.43 bits per heavy atom. The molecule has 1 aliphatic heterocycles. The average molecular weight is 360 g/mol. The molecule has 0 aromatic heterocycles. The molecule has 112 valence electrons. The molecule has 1 heterocycles. The van der Waals surface area contributed by atoms with Crippen LogP contribution in [0.25, 0.3) is 0 Å². The van der Waals surface area contributed by atoms with Crippen molar-refractivity contribution in [3.05, 3.63) is 35.4 Å². The summed E-state index contributed by atoms with van der Waals surface area (Å²) >= 11 is 2.90. The highest BCUT2D eigenvalue weighted by Crippen LogP contribution is 2.36. The molecule has 1 aromatic rings. The van der Waals surface area contributed by atoms with Crippen LogP contribution >= 0.6 is 15.9 Å². The van der Waals surface area contributed by atoms with Crippen molar-refractivity contribution >= 4 is 22.0 Å². The molecule has 7 heteroatoms. The van der Waals surface area contributed by atoms with Crippen LogP contribution in [0.3, 0.4) is 0 Å². The highest BCUT2D eigenvalue weighted by Gasteiger charge is 2.41. The Labute approximate surface area is 128 Å². The van der Waals surface area contributed by atoms with Crippen molar-refractivity contribution < 1.29 is 23.8 Å². The van der Waals surface area contributed by atoms with Crippen LogP contribution in [-0.2, 0) is 5.60 Å². The van der Waals surface area contributed by atoms with E-state index in [-0.39, 0.29) is 24.9 Å². The summed E-state index contributed by atoms with van der Waals surface area (Å²) in [6.07, 6.45) is -1.06. The van der Waals surface area contributed by atoms with E-state index in [0.29, 0.717) is 0 Å². The first-order valence-corrected chi connectivity index (χ1v) is 6.95. The first-order valence-electron chi connectivity index (χ1n) is 6.16. The van der Waals surface area contributed by atoms with Crippen LogP contribution in [0.5, 0.6) is 0 Å². The molecule has 1 aliphatic rings. The summed E-state index contributed by atoms with van der Waals surface area (Å²) in [7, 11) is 0. The largest absolute Gasteiger partial charge is 0.465 e. The second-order valence-corrected chi connectivity index (χ2v) is 5.24. The average Bonchev–Trinajstić information content (AvgIpc) is 2.42. The molecule has 0 radical (unpaired) electrons. The van der Waals surface area contributed by atoms with Gasteiger partial charge in [-0.05, 0) is 28.9 Å². The second kappa shape index (κ2) is 6.00. The number of carboxylic acid groups (broad SMARTS) is 1. The number of benzene rings is 1. The first kappa shape index (κ1) is 15.7. The molecular weight excluding hydrogens is 348 g/mol. The standard InChI is InChI=1S/C14H12BrF2NO3/c15-5-3-10-8-14(21,4-6-18(10)13(19)20)9-1-2-11(16)12(17)7-9/h1-2,7,10,21H,4,6,8H2,(H,19,20). The minimum absolute atomic E-state index is 0.0109. The number of rotatable bonds is 1. The lowest BCUT2D eigenvalue weighted by molar-refractivity contribution is -0.0340. The zero-order valence-electron chi connectivity index (χ0n) is 10.8. The van der Waals surface area contributed by atoms with Gasteiger partial charge < -0.3 is 10.2 Å². The molecule has 4 nitrogen and oxygen atoms in total. The van der Waals surface area contributed by atoms with Crippen LogP contribution in [0, 0.1) is 22.4 Å². The van der Waals surface area contributed by atoms with E-state index in [2.05, 4.69) is 26.7 Å². The van der Waals surface area contributed by atoms with E-state index in [0.717, 1.165) is 17.0 Å². The Kier molecular flexibility index (Phi) is 4.49. The molecule has 2 atom stereocenters. The van der Waals surface area contributed by atoms with Crippen LogP contribution in [0.15, 0.2) is 18.2 Å². The predicted octanol–water partition coefficient (Wildman–Crippen LogP) is 2.65. The molecule has 0 saturated carbocycles. The summed E-state index contributed by atoms with van der Waals surface area (Å²) in [6.45, 7) is 0.0528. The van der Waals surface area contributed by atoms with E-state index in [9.17, 15) is 18.7 Å². The Balaban J connectivity index is 2.32. The Bertz CT molecular complexity index is 628. The third-order valence-electron chi connectivity index (χ3n) is 3.60. The number of hydrogen-bond acceptors (Lipinski definition) is 2. The van der Waals surface area contributed by atoms with E-state index >= 15 is 0 Å². The molecule has 2 N–H and O–H groups in total. The van der Waals surface area contributed by atoms with Gasteiger partial charge in [0.1, 0.15) is 6.04 Å². The quantitative estimate of drug-likeness (QED) is 0.757. The van der Waals surface area contributed by atoms with Crippen LogP contribution in [0.1, 0.15) is 18.4 Å². The van der Waals surface area contributed by atoms with Gasteiger partial charge in [-0.15, -0.1) is 0 Å². The van der Waals surface area contributed by atoms with Crippen molar-refractivity contribution in [2.45, 2.75) is 24.5 Å². The number of hydrogen-bond donors (Lipinski definition) is 2. The second-order valence-electron chi connectivity index (χ2n) is 4.85. The molecular formula is C14H12BrF2NO3. The van der Waals surface area contributed by atoms with Crippen LogP contribution in [0.2, 0.25) is 0 Å². The maximum absolute atomic E-state index is 13.3. The molecule has 0 bridgehead atoms. The number of nitrogens with zero attached hydrogens (tertiary/aromatic N) is 1. The van der Waals surface area contributed by atoms with Gasteiger partial charge in [0, 0.05) is 28.9 Å². The van der Waals surface area contributed by atoms with Crippen molar-refractivity contribution in [2.24, 2.45) is 0 Å². The fourth-order valence-electron chi connectivity index (χ4n) is 2.46. The minimum atomic E-state index is -1.44. The summed E-state index contributed by atoms with van der Waals surface area (Å²) in [6, 6.07) is 2.45. The van der Waals surface area contributed by atoms with Gasteiger partial charge in [0.05, 0.1) is 5.60 Å². The lowest BCUT2D eigenvalue weighted by atomic mass is 9.81. The predicted molar refractivity (Wildman–Crippen MR) is 74.7 cm³/mol. The minimum Gasteiger partial charge on any atom is -0.465 e. The lowest BCUT2D eigenvalue weighted by Crippen LogP contribution is -2.50.